The third kappa shape index (κ3) is 4.46. The molecule has 0 aliphatic heterocycles. The maximum absolute atomic E-state index is 14.1. The average molecular weight is 439 g/mol. The zero-order chi connectivity index (χ0) is 22.8. The fraction of sp³-hybridized carbons (Fsp3) is 0.148. The summed E-state index contributed by atoms with van der Waals surface area (Å²) >= 11 is 0. The van der Waals surface area contributed by atoms with Gasteiger partial charge in [-0.05, 0) is 67.8 Å². The van der Waals surface area contributed by atoms with E-state index in [1.807, 2.05) is 55.5 Å². The van der Waals surface area contributed by atoms with Gasteiger partial charge in [0.1, 0.15) is 11.6 Å². The van der Waals surface area contributed by atoms with Gasteiger partial charge in [-0.25, -0.2) is 14.4 Å². The Kier molecular flexibility index (Phi) is 5.57. The molecule has 2 N–H and O–H groups in total. The number of hydrogen-bond donors (Lipinski definition) is 2. The molecule has 0 unspecified atom stereocenters. The Balaban J connectivity index is 1.41. The van der Waals surface area contributed by atoms with Gasteiger partial charge >= 0.3 is 0 Å². The van der Waals surface area contributed by atoms with Gasteiger partial charge in [0, 0.05) is 28.4 Å². The highest BCUT2D eigenvalue weighted by molar-refractivity contribution is 5.92. The molecule has 3 aromatic heterocycles. The van der Waals surface area contributed by atoms with Crippen LogP contribution in [0, 0.1) is 12.7 Å². The van der Waals surface area contributed by atoms with Crippen LogP contribution in [0.3, 0.4) is 0 Å². The number of hydrogen-bond acceptors (Lipinski definition) is 3. The summed E-state index contributed by atoms with van der Waals surface area (Å²) in [4.78, 5) is 25.0. The number of pyridine rings is 2. The first kappa shape index (κ1) is 20.8. The molecule has 5 nitrogen and oxygen atoms in total. The van der Waals surface area contributed by atoms with Gasteiger partial charge in [-0.15, -0.1) is 0 Å². The summed E-state index contributed by atoms with van der Waals surface area (Å²) in [5.41, 5.74) is 5.23. The molecule has 0 spiro atoms. The predicted octanol–water partition coefficient (Wildman–Crippen LogP) is 6.19. The van der Waals surface area contributed by atoms with Crippen LogP contribution in [-0.2, 0) is 11.2 Å². The van der Waals surface area contributed by atoms with Crippen LogP contribution >= 0.6 is 0 Å². The van der Waals surface area contributed by atoms with Crippen LogP contribution in [-0.4, -0.2) is 20.9 Å². The van der Waals surface area contributed by atoms with Gasteiger partial charge in [0.15, 0.2) is 0 Å². The van der Waals surface area contributed by atoms with Crippen molar-refractivity contribution in [2.45, 2.75) is 26.2 Å². The predicted molar refractivity (Wildman–Crippen MR) is 130 cm³/mol. The molecule has 33 heavy (non-hydrogen) atoms. The van der Waals surface area contributed by atoms with Crippen molar-refractivity contribution in [2.75, 3.05) is 5.32 Å². The number of aromatic amines is 1. The van der Waals surface area contributed by atoms with Crippen molar-refractivity contribution >= 4 is 33.5 Å². The third-order valence-corrected chi connectivity index (χ3v) is 5.71. The number of fused-ring (bicyclic) bond motifs is 2. The highest BCUT2D eigenvalue weighted by atomic mass is 19.1. The Labute approximate surface area is 190 Å². The number of aryl methyl sites for hydroxylation is 2. The number of para-hydroxylation sites is 1. The third-order valence-electron chi connectivity index (χ3n) is 5.71. The maximum Gasteiger partial charge on any atom is 0.225 e. The fourth-order valence-corrected chi connectivity index (χ4v) is 4.15. The topological polar surface area (TPSA) is 70.7 Å². The van der Waals surface area contributed by atoms with Crippen LogP contribution in [0.25, 0.3) is 33.2 Å². The summed E-state index contributed by atoms with van der Waals surface area (Å²) < 4.78 is 14.1. The molecule has 0 saturated heterocycles. The van der Waals surface area contributed by atoms with Crippen LogP contribution in [0.5, 0.6) is 0 Å². The van der Waals surface area contributed by atoms with Crippen LogP contribution in [0.4, 0.5) is 10.2 Å². The fourth-order valence-electron chi connectivity index (χ4n) is 4.15. The summed E-state index contributed by atoms with van der Waals surface area (Å²) in [7, 11) is 0. The second kappa shape index (κ2) is 8.82. The SMILES string of the molecule is Cc1cccc(NC(=O)CCCc2c(-c3ccc4ccccc4n3)[nH]c3ccc(F)cc23)n1. The first-order valence-corrected chi connectivity index (χ1v) is 11.0. The Morgan fingerprint density at radius 3 is 2.76 bits per heavy atom. The van der Waals surface area contributed by atoms with Crippen molar-refractivity contribution in [1.29, 1.82) is 0 Å². The smallest absolute Gasteiger partial charge is 0.225 e. The van der Waals surface area contributed by atoms with Crippen LogP contribution < -0.4 is 5.32 Å². The number of H-pyrrole nitrogens is 1. The van der Waals surface area contributed by atoms with Gasteiger partial charge in [0.2, 0.25) is 5.91 Å². The highest BCUT2D eigenvalue weighted by Crippen LogP contribution is 2.32. The molecule has 1 amide bonds. The molecular formula is C27H23FN4O. The number of aromatic nitrogens is 3. The molecule has 0 saturated carbocycles. The largest absolute Gasteiger partial charge is 0.353 e. The molecule has 0 atom stereocenters. The molecule has 6 heteroatoms. The molecular weight excluding hydrogens is 415 g/mol. The normalized spacial score (nSPS) is 11.2. The van der Waals surface area contributed by atoms with E-state index in [2.05, 4.69) is 15.3 Å². The quantitative estimate of drug-likeness (QED) is 0.332. The van der Waals surface area contributed by atoms with E-state index in [0.29, 0.717) is 25.1 Å². The first-order chi connectivity index (χ1) is 16.1. The minimum atomic E-state index is -0.288. The van der Waals surface area contributed by atoms with Crippen LogP contribution in [0.2, 0.25) is 0 Å². The lowest BCUT2D eigenvalue weighted by Crippen LogP contribution is -2.12. The summed E-state index contributed by atoms with van der Waals surface area (Å²) in [5.74, 6) is 0.170. The van der Waals surface area contributed by atoms with Gasteiger partial charge < -0.3 is 10.3 Å². The number of nitrogens with one attached hydrogen (secondary N) is 2. The number of amides is 1. The van der Waals surface area contributed by atoms with Crippen molar-refractivity contribution < 1.29 is 9.18 Å². The van der Waals surface area contributed by atoms with E-state index >= 15 is 0 Å². The molecule has 2 aromatic carbocycles. The van der Waals surface area contributed by atoms with E-state index in [1.165, 1.54) is 6.07 Å². The summed E-state index contributed by atoms with van der Waals surface area (Å²) in [5, 5.41) is 4.73. The summed E-state index contributed by atoms with van der Waals surface area (Å²) in [6, 6.07) is 22.2. The Morgan fingerprint density at radius 2 is 1.88 bits per heavy atom. The highest BCUT2D eigenvalue weighted by Gasteiger charge is 2.16. The van der Waals surface area contributed by atoms with Crippen molar-refractivity contribution in [2.24, 2.45) is 0 Å². The second-order valence-electron chi connectivity index (χ2n) is 8.12. The molecule has 0 fully saturated rings. The van der Waals surface area contributed by atoms with Crippen LogP contribution in [0.1, 0.15) is 24.1 Å². The lowest BCUT2D eigenvalue weighted by molar-refractivity contribution is -0.116. The zero-order valence-electron chi connectivity index (χ0n) is 18.2. The average Bonchev–Trinajstić information content (AvgIpc) is 3.16. The van der Waals surface area contributed by atoms with Crippen molar-refractivity contribution in [3.05, 3.63) is 89.9 Å². The van der Waals surface area contributed by atoms with Gasteiger partial charge in [0.05, 0.1) is 16.9 Å². The van der Waals surface area contributed by atoms with Crippen molar-refractivity contribution in [3.63, 3.8) is 0 Å². The van der Waals surface area contributed by atoms with E-state index in [9.17, 15) is 9.18 Å². The van der Waals surface area contributed by atoms with Gasteiger partial charge in [-0.3, -0.25) is 4.79 Å². The lowest BCUT2D eigenvalue weighted by Gasteiger charge is -2.07. The number of nitrogens with zero attached hydrogens (tertiary/aromatic N) is 2. The maximum atomic E-state index is 14.1. The van der Waals surface area contributed by atoms with E-state index in [1.54, 1.807) is 18.2 Å². The number of rotatable bonds is 6. The number of benzene rings is 2. The second-order valence-corrected chi connectivity index (χ2v) is 8.12. The number of carbonyl (C=O) groups is 1. The van der Waals surface area contributed by atoms with Crippen LogP contribution in [0.15, 0.2) is 72.8 Å². The number of anilines is 1. The van der Waals surface area contributed by atoms with E-state index in [4.69, 9.17) is 4.98 Å². The first-order valence-electron chi connectivity index (χ1n) is 11.0. The van der Waals surface area contributed by atoms with Crippen molar-refractivity contribution in [3.8, 4) is 11.4 Å². The Bertz CT molecular complexity index is 1470. The molecule has 3 heterocycles. The molecule has 0 aliphatic carbocycles. The Morgan fingerprint density at radius 1 is 1.00 bits per heavy atom. The summed E-state index contributed by atoms with van der Waals surface area (Å²) in [6.45, 7) is 1.88. The monoisotopic (exact) mass is 438 g/mol. The van der Waals surface area contributed by atoms with Gasteiger partial charge in [0.25, 0.3) is 0 Å². The van der Waals surface area contributed by atoms with Gasteiger partial charge in [-0.1, -0.05) is 30.3 Å². The number of halogens is 1. The molecule has 0 radical (unpaired) electrons. The lowest BCUT2D eigenvalue weighted by atomic mass is 10.0. The molecule has 0 aliphatic rings. The Hall–Kier alpha value is -4.06. The van der Waals surface area contributed by atoms with E-state index in [-0.39, 0.29) is 11.7 Å². The molecule has 164 valence electrons. The zero-order valence-corrected chi connectivity index (χ0v) is 18.2. The van der Waals surface area contributed by atoms with E-state index < -0.39 is 0 Å². The number of carbonyl (C=O) groups excluding carboxylic acids is 1. The minimum Gasteiger partial charge on any atom is -0.353 e. The van der Waals surface area contributed by atoms with Gasteiger partial charge in [-0.2, -0.15) is 0 Å². The molecule has 0 bridgehead atoms. The van der Waals surface area contributed by atoms with Crippen molar-refractivity contribution in [1.82, 2.24) is 15.0 Å². The minimum absolute atomic E-state index is 0.0931. The molecule has 5 rings (SSSR count). The van der Waals surface area contributed by atoms with E-state index in [0.717, 1.165) is 44.5 Å². The standard InChI is InChI=1S/C27H23FN4O/c1-17-6-4-10-25(29-17)32-26(33)11-5-8-20-21-16-19(28)13-15-23(21)31-27(20)24-14-12-18-7-2-3-9-22(18)30-24/h2-4,6-7,9-10,12-16,31H,5,8,11H2,1H3,(H,29,32,33). The molecule has 5 aromatic rings. The summed E-state index contributed by atoms with van der Waals surface area (Å²) in [6.07, 6.45) is 1.56.